The standard InChI is InChI=1S/C11H15NO3S/c1-8-4-2-3-5-9(8)6-16(15)7-10(12)11(13)14/h2-5,10H,6-7,12H2,1H3,(H,13,14). The van der Waals surface area contributed by atoms with Crippen LogP contribution >= 0.6 is 0 Å². The molecule has 0 aliphatic rings. The van der Waals surface area contributed by atoms with Crippen molar-refractivity contribution in [3.63, 3.8) is 0 Å². The van der Waals surface area contributed by atoms with Crippen LogP contribution in [0.5, 0.6) is 0 Å². The smallest absolute Gasteiger partial charge is 0.321 e. The van der Waals surface area contributed by atoms with Gasteiger partial charge in [0.05, 0.1) is 0 Å². The maximum atomic E-state index is 11.6. The lowest BCUT2D eigenvalue weighted by Gasteiger charge is -2.08. The second kappa shape index (κ2) is 5.77. The van der Waals surface area contributed by atoms with Gasteiger partial charge in [-0.3, -0.25) is 9.00 Å². The highest BCUT2D eigenvalue weighted by atomic mass is 32.2. The summed E-state index contributed by atoms with van der Waals surface area (Å²) in [5, 5.41) is 8.59. The Morgan fingerprint density at radius 1 is 1.50 bits per heavy atom. The van der Waals surface area contributed by atoms with Crippen LogP contribution in [0.25, 0.3) is 0 Å². The van der Waals surface area contributed by atoms with E-state index in [1.54, 1.807) is 0 Å². The highest BCUT2D eigenvalue weighted by molar-refractivity contribution is 7.84. The summed E-state index contributed by atoms with van der Waals surface area (Å²) in [6.45, 7) is 1.93. The zero-order valence-corrected chi connectivity index (χ0v) is 9.87. The van der Waals surface area contributed by atoms with Crippen LogP contribution in [0, 0.1) is 6.92 Å². The molecule has 0 bridgehead atoms. The zero-order valence-electron chi connectivity index (χ0n) is 9.05. The number of nitrogens with two attached hydrogens (primary N) is 1. The van der Waals surface area contributed by atoms with E-state index >= 15 is 0 Å². The van der Waals surface area contributed by atoms with Gasteiger partial charge in [0.25, 0.3) is 0 Å². The number of carboxylic acid groups (broad SMARTS) is 1. The average molecular weight is 241 g/mol. The van der Waals surface area contributed by atoms with Gasteiger partial charge in [-0.25, -0.2) is 0 Å². The molecule has 16 heavy (non-hydrogen) atoms. The van der Waals surface area contributed by atoms with Crippen molar-refractivity contribution in [3.05, 3.63) is 35.4 Å². The molecule has 2 unspecified atom stereocenters. The van der Waals surface area contributed by atoms with E-state index in [9.17, 15) is 9.00 Å². The van der Waals surface area contributed by atoms with Crippen LogP contribution < -0.4 is 5.73 Å². The fourth-order valence-electron chi connectivity index (χ4n) is 1.28. The fourth-order valence-corrected chi connectivity index (χ4v) is 2.61. The van der Waals surface area contributed by atoms with Crippen molar-refractivity contribution >= 4 is 16.8 Å². The van der Waals surface area contributed by atoms with Gasteiger partial charge in [-0.15, -0.1) is 0 Å². The number of carbonyl (C=O) groups is 1. The van der Waals surface area contributed by atoms with Crippen LogP contribution in [0.1, 0.15) is 11.1 Å². The normalized spacial score (nSPS) is 14.4. The van der Waals surface area contributed by atoms with E-state index < -0.39 is 22.8 Å². The molecule has 1 aromatic carbocycles. The molecule has 5 heteroatoms. The van der Waals surface area contributed by atoms with Crippen molar-refractivity contribution < 1.29 is 14.1 Å². The number of aliphatic carboxylic acids is 1. The van der Waals surface area contributed by atoms with E-state index in [0.29, 0.717) is 5.75 Å². The fraction of sp³-hybridized carbons (Fsp3) is 0.364. The van der Waals surface area contributed by atoms with Crippen molar-refractivity contribution in [2.24, 2.45) is 5.73 Å². The molecule has 4 nitrogen and oxygen atoms in total. The highest BCUT2D eigenvalue weighted by Gasteiger charge is 2.15. The van der Waals surface area contributed by atoms with E-state index in [1.807, 2.05) is 31.2 Å². The number of benzene rings is 1. The molecule has 0 aliphatic heterocycles. The Morgan fingerprint density at radius 3 is 2.69 bits per heavy atom. The first kappa shape index (κ1) is 12.9. The summed E-state index contributed by atoms with van der Waals surface area (Å²) in [5.41, 5.74) is 7.34. The first-order valence-electron chi connectivity index (χ1n) is 4.88. The van der Waals surface area contributed by atoms with Gasteiger partial charge in [0, 0.05) is 22.3 Å². The molecule has 0 radical (unpaired) electrons. The topological polar surface area (TPSA) is 80.4 Å². The van der Waals surface area contributed by atoms with Crippen LogP contribution in [0.15, 0.2) is 24.3 Å². The molecule has 0 fully saturated rings. The summed E-state index contributed by atoms with van der Waals surface area (Å²) in [4.78, 5) is 10.5. The third-order valence-corrected chi connectivity index (χ3v) is 3.62. The minimum absolute atomic E-state index is 0.0103. The summed E-state index contributed by atoms with van der Waals surface area (Å²) in [7, 11) is -1.24. The Labute approximate surface area is 96.9 Å². The molecule has 1 aromatic rings. The number of hydrogen-bond acceptors (Lipinski definition) is 3. The Bertz CT molecular complexity index is 406. The van der Waals surface area contributed by atoms with Crippen molar-refractivity contribution in [2.45, 2.75) is 18.7 Å². The summed E-state index contributed by atoms with van der Waals surface area (Å²) < 4.78 is 11.6. The quantitative estimate of drug-likeness (QED) is 0.793. The molecule has 88 valence electrons. The molecule has 3 N–H and O–H groups in total. The summed E-state index contributed by atoms with van der Waals surface area (Å²) in [6.07, 6.45) is 0. The van der Waals surface area contributed by atoms with Gasteiger partial charge in [0.2, 0.25) is 0 Å². The Balaban J connectivity index is 2.59. The summed E-state index contributed by atoms with van der Waals surface area (Å²) >= 11 is 0. The third kappa shape index (κ3) is 3.75. The predicted octanol–water partition coefficient (Wildman–Crippen LogP) is 0.656. The minimum Gasteiger partial charge on any atom is -0.480 e. The van der Waals surface area contributed by atoms with E-state index in [2.05, 4.69) is 0 Å². The Hall–Kier alpha value is -1.20. The second-order valence-corrected chi connectivity index (χ2v) is 5.12. The Kier molecular flexibility index (Phi) is 4.64. The van der Waals surface area contributed by atoms with Gasteiger partial charge in [-0.1, -0.05) is 24.3 Å². The molecule has 0 saturated heterocycles. The summed E-state index contributed by atoms with van der Waals surface area (Å²) in [5.74, 6) is -0.768. The zero-order chi connectivity index (χ0) is 12.1. The first-order chi connectivity index (χ1) is 7.50. The summed E-state index contributed by atoms with van der Waals surface area (Å²) in [6, 6.07) is 6.55. The molecule has 0 aromatic heterocycles. The van der Waals surface area contributed by atoms with Crippen molar-refractivity contribution in [3.8, 4) is 0 Å². The Morgan fingerprint density at radius 2 is 2.12 bits per heavy atom. The van der Waals surface area contributed by atoms with Gasteiger partial charge in [-0.2, -0.15) is 0 Å². The maximum Gasteiger partial charge on any atom is 0.321 e. The molecule has 0 saturated carbocycles. The van der Waals surface area contributed by atoms with Crippen molar-refractivity contribution in [2.75, 3.05) is 5.75 Å². The van der Waals surface area contributed by atoms with Gasteiger partial charge in [0.1, 0.15) is 6.04 Å². The molecule has 0 aliphatic carbocycles. The van der Waals surface area contributed by atoms with Gasteiger partial charge in [-0.05, 0) is 18.1 Å². The largest absolute Gasteiger partial charge is 0.480 e. The first-order valence-corrected chi connectivity index (χ1v) is 6.37. The average Bonchev–Trinajstić information content (AvgIpc) is 2.21. The van der Waals surface area contributed by atoms with Crippen LogP contribution in [0.4, 0.5) is 0 Å². The van der Waals surface area contributed by atoms with Crippen LogP contribution in [-0.4, -0.2) is 27.1 Å². The van der Waals surface area contributed by atoms with Crippen LogP contribution in [0.3, 0.4) is 0 Å². The van der Waals surface area contributed by atoms with Gasteiger partial charge in [0.15, 0.2) is 0 Å². The second-order valence-electron chi connectivity index (χ2n) is 3.62. The predicted molar refractivity (Wildman–Crippen MR) is 63.5 cm³/mol. The van der Waals surface area contributed by atoms with E-state index in [4.69, 9.17) is 10.8 Å². The monoisotopic (exact) mass is 241 g/mol. The van der Waals surface area contributed by atoms with E-state index in [-0.39, 0.29) is 5.75 Å². The highest BCUT2D eigenvalue weighted by Crippen LogP contribution is 2.09. The molecular weight excluding hydrogens is 226 g/mol. The van der Waals surface area contributed by atoms with Gasteiger partial charge >= 0.3 is 5.97 Å². The number of carboxylic acids is 1. The number of hydrogen-bond donors (Lipinski definition) is 2. The lowest BCUT2D eigenvalue weighted by Crippen LogP contribution is -2.35. The molecule has 0 spiro atoms. The third-order valence-electron chi connectivity index (χ3n) is 2.26. The van der Waals surface area contributed by atoms with Crippen molar-refractivity contribution in [1.82, 2.24) is 0 Å². The van der Waals surface area contributed by atoms with E-state index in [1.165, 1.54) is 0 Å². The maximum absolute atomic E-state index is 11.6. The minimum atomic E-state index is -1.24. The lowest BCUT2D eigenvalue weighted by molar-refractivity contribution is -0.137. The molecule has 2 atom stereocenters. The molecule has 0 amide bonds. The van der Waals surface area contributed by atoms with E-state index in [0.717, 1.165) is 11.1 Å². The molecule has 0 heterocycles. The van der Waals surface area contributed by atoms with Crippen LogP contribution in [-0.2, 0) is 21.3 Å². The van der Waals surface area contributed by atoms with Crippen LogP contribution in [0.2, 0.25) is 0 Å². The van der Waals surface area contributed by atoms with Crippen molar-refractivity contribution in [1.29, 1.82) is 0 Å². The molecular formula is C11H15NO3S. The SMILES string of the molecule is Cc1ccccc1CS(=O)CC(N)C(=O)O. The number of aryl methyl sites for hydroxylation is 1. The lowest BCUT2D eigenvalue weighted by atomic mass is 10.1. The molecule has 1 rings (SSSR count). The van der Waals surface area contributed by atoms with Gasteiger partial charge < -0.3 is 10.8 Å². The number of rotatable bonds is 5.